The van der Waals surface area contributed by atoms with Crippen molar-refractivity contribution in [2.75, 3.05) is 11.6 Å². The monoisotopic (exact) mass is 284 g/mol. The number of aromatic nitrogens is 1. The molecule has 1 N–H and O–H groups in total. The fourth-order valence-electron chi connectivity index (χ4n) is 2.44. The molecule has 0 spiro atoms. The average molecular weight is 284 g/mol. The van der Waals surface area contributed by atoms with Crippen molar-refractivity contribution in [1.82, 2.24) is 4.98 Å². The number of nitrogens with one attached hydrogen (secondary N) is 1. The first-order chi connectivity index (χ1) is 8.84. The van der Waals surface area contributed by atoms with Crippen molar-refractivity contribution in [3.8, 4) is 0 Å². The molecule has 2 rings (SSSR count). The largest absolute Gasteiger partial charge is 0.381 e. The van der Waals surface area contributed by atoms with Gasteiger partial charge in [-0.2, -0.15) is 0 Å². The normalized spacial score (nSPS) is 28.1. The third kappa shape index (κ3) is 3.91. The van der Waals surface area contributed by atoms with Crippen molar-refractivity contribution in [1.29, 1.82) is 0 Å². The van der Waals surface area contributed by atoms with Crippen LogP contribution in [0, 0.1) is 0 Å². The van der Waals surface area contributed by atoms with E-state index >= 15 is 0 Å². The summed E-state index contributed by atoms with van der Waals surface area (Å²) in [7, 11) is -3.23. The Morgan fingerprint density at radius 3 is 2.37 bits per heavy atom. The molecule has 6 heteroatoms. The molecular weight excluding hydrogens is 264 g/mol. The highest BCUT2D eigenvalue weighted by Crippen LogP contribution is 2.22. The van der Waals surface area contributed by atoms with Crippen molar-refractivity contribution in [3.05, 3.63) is 18.3 Å². The Balaban J connectivity index is 2.03. The molecule has 2 unspecified atom stereocenters. The van der Waals surface area contributed by atoms with Gasteiger partial charge in [-0.15, -0.1) is 0 Å². The van der Waals surface area contributed by atoms with E-state index in [-0.39, 0.29) is 17.2 Å². The molecule has 2 atom stereocenters. The standard InChI is InChI=1S/C13H20N2O3S/c1-9-6-12(7-10(2)18-9)15-11-4-5-13(14-8-11)19(3,16)17/h4-5,8-10,12,15H,6-7H2,1-3H3. The van der Waals surface area contributed by atoms with Crippen LogP contribution in [0.2, 0.25) is 0 Å². The van der Waals surface area contributed by atoms with Crippen LogP contribution in [0.15, 0.2) is 23.4 Å². The summed E-state index contributed by atoms with van der Waals surface area (Å²) in [5.41, 5.74) is 0.846. The Labute approximate surface area is 114 Å². The molecule has 1 aliphatic heterocycles. The van der Waals surface area contributed by atoms with Crippen molar-refractivity contribution in [2.45, 2.75) is 50.0 Å². The zero-order valence-electron chi connectivity index (χ0n) is 11.5. The number of pyridine rings is 1. The summed E-state index contributed by atoms with van der Waals surface area (Å²) in [4.78, 5) is 3.97. The summed E-state index contributed by atoms with van der Waals surface area (Å²) in [5, 5.41) is 3.49. The average Bonchev–Trinajstić information content (AvgIpc) is 2.26. The molecule has 0 aliphatic carbocycles. The maximum absolute atomic E-state index is 11.3. The van der Waals surface area contributed by atoms with E-state index in [9.17, 15) is 8.42 Å². The summed E-state index contributed by atoms with van der Waals surface area (Å²) in [5.74, 6) is 0. The smallest absolute Gasteiger partial charge is 0.192 e. The summed E-state index contributed by atoms with van der Waals surface area (Å²) in [6.45, 7) is 4.13. The number of hydrogen-bond acceptors (Lipinski definition) is 5. The van der Waals surface area contributed by atoms with Gasteiger partial charge in [0, 0.05) is 12.3 Å². The summed E-state index contributed by atoms with van der Waals surface area (Å²) >= 11 is 0. The van der Waals surface area contributed by atoms with Crippen LogP contribution in [-0.2, 0) is 14.6 Å². The highest BCUT2D eigenvalue weighted by Gasteiger charge is 2.24. The number of hydrogen-bond donors (Lipinski definition) is 1. The zero-order valence-corrected chi connectivity index (χ0v) is 12.3. The van der Waals surface area contributed by atoms with Gasteiger partial charge < -0.3 is 10.1 Å². The Bertz CT molecular complexity index is 517. The van der Waals surface area contributed by atoms with E-state index in [0.29, 0.717) is 6.04 Å². The molecule has 0 aromatic carbocycles. The Kier molecular flexibility index (Phi) is 4.10. The van der Waals surface area contributed by atoms with Crippen molar-refractivity contribution >= 4 is 15.5 Å². The summed E-state index contributed by atoms with van der Waals surface area (Å²) < 4.78 is 28.3. The maximum atomic E-state index is 11.3. The lowest BCUT2D eigenvalue weighted by Gasteiger charge is -2.33. The third-order valence-corrected chi connectivity index (χ3v) is 4.19. The lowest BCUT2D eigenvalue weighted by Crippen LogP contribution is -2.36. The molecule has 0 bridgehead atoms. The van der Waals surface area contributed by atoms with Gasteiger partial charge in [0.05, 0.1) is 24.1 Å². The number of rotatable bonds is 3. The Hall–Kier alpha value is -1.14. The van der Waals surface area contributed by atoms with Gasteiger partial charge in [0.2, 0.25) is 0 Å². The first-order valence-corrected chi connectivity index (χ1v) is 8.32. The summed E-state index contributed by atoms with van der Waals surface area (Å²) in [6.07, 6.45) is 5.09. The minimum Gasteiger partial charge on any atom is -0.381 e. The second-order valence-corrected chi connectivity index (χ2v) is 7.19. The minimum atomic E-state index is -3.23. The van der Waals surface area contributed by atoms with E-state index in [1.54, 1.807) is 12.3 Å². The van der Waals surface area contributed by atoms with Gasteiger partial charge in [-0.3, -0.25) is 0 Å². The first-order valence-electron chi connectivity index (χ1n) is 6.42. The van der Waals surface area contributed by atoms with Crippen molar-refractivity contribution < 1.29 is 13.2 Å². The lowest BCUT2D eigenvalue weighted by atomic mass is 10.00. The van der Waals surface area contributed by atoms with Gasteiger partial charge >= 0.3 is 0 Å². The molecule has 0 radical (unpaired) electrons. The fourth-order valence-corrected chi connectivity index (χ4v) is 3.00. The second-order valence-electron chi connectivity index (χ2n) is 5.23. The molecule has 0 saturated carbocycles. The molecule has 1 fully saturated rings. The molecule has 19 heavy (non-hydrogen) atoms. The highest BCUT2D eigenvalue weighted by atomic mass is 32.2. The SMILES string of the molecule is CC1CC(Nc2ccc(S(C)(=O)=O)nc2)CC(C)O1. The number of ether oxygens (including phenoxy) is 1. The van der Waals surface area contributed by atoms with Gasteiger partial charge in [0.1, 0.15) is 0 Å². The molecule has 1 saturated heterocycles. The predicted octanol–water partition coefficient (Wildman–Crippen LogP) is 1.85. The van der Waals surface area contributed by atoms with Gasteiger partial charge in [0.25, 0.3) is 0 Å². The number of anilines is 1. The van der Waals surface area contributed by atoms with Crippen LogP contribution in [0.5, 0.6) is 0 Å². The maximum Gasteiger partial charge on any atom is 0.192 e. The van der Waals surface area contributed by atoms with Crippen LogP contribution in [-0.4, -0.2) is 37.9 Å². The van der Waals surface area contributed by atoms with E-state index in [1.807, 2.05) is 0 Å². The van der Waals surface area contributed by atoms with Crippen LogP contribution in [0.25, 0.3) is 0 Å². The van der Waals surface area contributed by atoms with E-state index < -0.39 is 9.84 Å². The predicted molar refractivity (Wildman–Crippen MR) is 74.0 cm³/mol. The molecule has 1 aliphatic rings. The summed E-state index contributed by atoms with van der Waals surface area (Å²) in [6, 6.07) is 3.63. The van der Waals surface area contributed by atoms with Crippen LogP contribution in [0.4, 0.5) is 5.69 Å². The van der Waals surface area contributed by atoms with E-state index in [2.05, 4.69) is 24.1 Å². The quantitative estimate of drug-likeness (QED) is 0.917. The van der Waals surface area contributed by atoms with Gasteiger partial charge in [0.15, 0.2) is 14.9 Å². The van der Waals surface area contributed by atoms with E-state index in [0.717, 1.165) is 24.8 Å². The van der Waals surface area contributed by atoms with Crippen molar-refractivity contribution in [2.24, 2.45) is 0 Å². The molecule has 106 valence electrons. The van der Waals surface area contributed by atoms with Gasteiger partial charge in [-0.05, 0) is 38.8 Å². The third-order valence-electron chi connectivity index (χ3n) is 3.18. The van der Waals surface area contributed by atoms with Crippen molar-refractivity contribution in [3.63, 3.8) is 0 Å². The van der Waals surface area contributed by atoms with E-state index in [1.165, 1.54) is 6.07 Å². The Morgan fingerprint density at radius 2 is 1.89 bits per heavy atom. The van der Waals surface area contributed by atoms with E-state index in [4.69, 9.17) is 4.74 Å². The van der Waals surface area contributed by atoms with Crippen LogP contribution in [0.3, 0.4) is 0 Å². The molecular formula is C13H20N2O3S. The highest BCUT2D eigenvalue weighted by molar-refractivity contribution is 7.90. The molecule has 1 aromatic heterocycles. The van der Waals surface area contributed by atoms with Crippen LogP contribution >= 0.6 is 0 Å². The Morgan fingerprint density at radius 1 is 1.26 bits per heavy atom. The van der Waals surface area contributed by atoms with Gasteiger partial charge in [-0.1, -0.05) is 0 Å². The second kappa shape index (κ2) is 5.46. The minimum absolute atomic E-state index is 0.103. The fraction of sp³-hybridized carbons (Fsp3) is 0.615. The molecule has 0 amide bonds. The molecule has 1 aromatic rings. The van der Waals surface area contributed by atoms with Gasteiger partial charge in [-0.25, -0.2) is 13.4 Å². The molecule has 5 nitrogen and oxygen atoms in total. The molecule has 2 heterocycles. The lowest BCUT2D eigenvalue weighted by molar-refractivity contribution is -0.0337. The zero-order chi connectivity index (χ0) is 14.0. The first kappa shape index (κ1) is 14.3. The number of nitrogens with zero attached hydrogens (tertiary/aromatic N) is 1. The number of sulfone groups is 1. The van der Waals surface area contributed by atoms with Crippen LogP contribution < -0.4 is 5.32 Å². The topological polar surface area (TPSA) is 68.3 Å². The van der Waals surface area contributed by atoms with Crippen LogP contribution in [0.1, 0.15) is 26.7 Å².